The van der Waals surface area contributed by atoms with Crippen LogP contribution in [0.25, 0.3) is 10.8 Å². The van der Waals surface area contributed by atoms with Crippen molar-refractivity contribution < 1.29 is 30.9 Å². The third-order valence-electron chi connectivity index (χ3n) is 3.90. The van der Waals surface area contributed by atoms with Gasteiger partial charge in [0.05, 0.1) is 6.61 Å². The molecule has 1 atom stereocenters. The normalized spacial score (nSPS) is 17.4. The van der Waals surface area contributed by atoms with E-state index in [2.05, 4.69) is 55.1 Å². The average molecular weight is 422 g/mol. The molecule has 3 rings (SSSR count). The van der Waals surface area contributed by atoms with Crippen LogP contribution in [0.1, 0.15) is 37.0 Å². The van der Waals surface area contributed by atoms with Crippen molar-refractivity contribution in [3.8, 4) is 5.75 Å². The number of fused-ring (bicyclic) bond motifs is 1. The molecule has 1 saturated heterocycles. The van der Waals surface area contributed by atoms with Crippen LogP contribution in [0.5, 0.6) is 5.75 Å². The molecule has 0 aliphatic carbocycles. The van der Waals surface area contributed by atoms with E-state index in [1.165, 1.54) is 34.9 Å². The van der Waals surface area contributed by atoms with E-state index in [0.29, 0.717) is 5.25 Å². The Balaban J connectivity index is 0.000000279. The van der Waals surface area contributed by atoms with Gasteiger partial charge >= 0.3 is 15.6 Å². The minimum absolute atomic E-state index is 0.699. The first-order valence-corrected chi connectivity index (χ1v) is 10.9. The van der Waals surface area contributed by atoms with Crippen LogP contribution in [-0.4, -0.2) is 30.8 Å². The van der Waals surface area contributed by atoms with Crippen molar-refractivity contribution in [2.45, 2.75) is 36.9 Å². The second-order valence-electron chi connectivity index (χ2n) is 6.04. The van der Waals surface area contributed by atoms with Crippen LogP contribution >= 0.6 is 11.8 Å². The van der Waals surface area contributed by atoms with Gasteiger partial charge in [-0.05, 0) is 59.6 Å². The molecule has 0 radical (unpaired) electrons. The molecule has 0 aromatic heterocycles. The molecule has 1 unspecified atom stereocenters. The highest BCUT2D eigenvalue weighted by Crippen LogP contribution is 2.40. The van der Waals surface area contributed by atoms with Crippen LogP contribution in [0.2, 0.25) is 0 Å². The van der Waals surface area contributed by atoms with Gasteiger partial charge in [0.25, 0.3) is 0 Å². The number of halogens is 3. The highest BCUT2D eigenvalue weighted by Gasteiger charge is 2.44. The number of thioether (sulfide) groups is 1. The summed E-state index contributed by atoms with van der Waals surface area (Å²) in [7, 11) is -5.84. The molecule has 150 valence electrons. The Kier molecular flexibility index (Phi) is 7.41. The molecule has 1 aliphatic heterocycles. The Bertz CT molecular complexity index is 861. The highest BCUT2D eigenvalue weighted by atomic mass is 32.2. The predicted molar refractivity (Wildman–Crippen MR) is 102 cm³/mol. The van der Waals surface area contributed by atoms with Gasteiger partial charge in [0.1, 0.15) is 5.75 Å². The number of benzene rings is 2. The van der Waals surface area contributed by atoms with E-state index in [1.54, 1.807) is 0 Å². The van der Waals surface area contributed by atoms with Crippen LogP contribution in [0.4, 0.5) is 13.2 Å². The number of rotatable bonds is 4. The molecule has 0 saturated carbocycles. The monoisotopic (exact) mass is 422 g/mol. The Labute approximate surface area is 160 Å². The molecular formula is C18H21F3O4S2. The average Bonchev–Trinajstić information content (AvgIpc) is 3.12. The molecule has 0 spiro atoms. The fourth-order valence-corrected chi connectivity index (χ4v) is 3.88. The van der Waals surface area contributed by atoms with Crippen LogP contribution in [0, 0.1) is 0 Å². The van der Waals surface area contributed by atoms with Gasteiger partial charge < -0.3 is 4.74 Å². The Morgan fingerprint density at radius 1 is 1.19 bits per heavy atom. The largest absolute Gasteiger partial charge is 0.522 e. The Hall–Kier alpha value is -1.45. The van der Waals surface area contributed by atoms with Gasteiger partial charge in [-0.1, -0.05) is 25.1 Å². The number of hydrogen-bond donors (Lipinski definition) is 1. The topological polar surface area (TPSA) is 63.6 Å². The van der Waals surface area contributed by atoms with Gasteiger partial charge in [-0.25, -0.2) is 0 Å². The molecule has 9 heteroatoms. The smallest absolute Gasteiger partial charge is 0.494 e. The Morgan fingerprint density at radius 3 is 2.41 bits per heavy atom. The van der Waals surface area contributed by atoms with Gasteiger partial charge in [0.15, 0.2) is 0 Å². The summed E-state index contributed by atoms with van der Waals surface area (Å²) in [4.78, 5) is 0. The zero-order chi connectivity index (χ0) is 20.1. The lowest BCUT2D eigenvalue weighted by Crippen LogP contribution is -2.21. The molecule has 4 nitrogen and oxygen atoms in total. The standard InChI is InChI=1S/C17H20OS.CHF3O3S/c1-2-9-18-16-8-7-13-5-6-14(11-15(13)12-16)17-4-3-10-19-17;2-1(3,4)8(5,6)7/h5-8,11-12,17H,2-4,9-10H2,1H3;(H,5,6,7). The molecule has 0 amide bonds. The van der Waals surface area contributed by atoms with Gasteiger partial charge in [0, 0.05) is 5.25 Å². The lowest BCUT2D eigenvalue weighted by Gasteiger charge is -2.11. The molecule has 2 aromatic carbocycles. The van der Waals surface area contributed by atoms with Crippen LogP contribution in [0.15, 0.2) is 36.4 Å². The maximum absolute atomic E-state index is 10.7. The fourth-order valence-electron chi connectivity index (χ4n) is 2.59. The van der Waals surface area contributed by atoms with Gasteiger partial charge in [-0.3, -0.25) is 4.55 Å². The van der Waals surface area contributed by atoms with Crippen LogP contribution < -0.4 is 4.74 Å². The van der Waals surface area contributed by atoms with E-state index < -0.39 is 15.6 Å². The fraction of sp³-hybridized carbons (Fsp3) is 0.444. The third-order valence-corrected chi connectivity index (χ3v) is 5.92. The van der Waals surface area contributed by atoms with E-state index >= 15 is 0 Å². The minimum Gasteiger partial charge on any atom is -0.494 e. The minimum atomic E-state index is -5.84. The summed E-state index contributed by atoms with van der Waals surface area (Å²) in [6.45, 7) is 2.93. The summed E-state index contributed by atoms with van der Waals surface area (Å²) >= 11 is 2.09. The highest BCUT2D eigenvalue weighted by molar-refractivity contribution is 7.99. The van der Waals surface area contributed by atoms with E-state index in [0.717, 1.165) is 18.8 Å². The molecule has 1 fully saturated rings. The van der Waals surface area contributed by atoms with Crippen molar-refractivity contribution in [1.29, 1.82) is 0 Å². The van der Waals surface area contributed by atoms with E-state index in [4.69, 9.17) is 17.7 Å². The van der Waals surface area contributed by atoms with E-state index in [1.807, 2.05) is 0 Å². The summed E-state index contributed by atoms with van der Waals surface area (Å²) < 4.78 is 63.3. The number of ether oxygens (including phenoxy) is 1. The third kappa shape index (κ3) is 6.29. The first kappa shape index (κ1) is 21.8. The zero-order valence-corrected chi connectivity index (χ0v) is 16.3. The molecule has 0 bridgehead atoms. The number of alkyl halides is 3. The van der Waals surface area contributed by atoms with Crippen molar-refractivity contribution in [2.75, 3.05) is 12.4 Å². The van der Waals surface area contributed by atoms with E-state index in [9.17, 15) is 13.2 Å². The molecule has 1 aliphatic rings. The van der Waals surface area contributed by atoms with Gasteiger partial charge in [-0.2, -0.15) is 33.4 Å². The maximum Gasteiger partial charge on any atom is 0.522 e. The van der Waals surface area contributed by atoms with Crippen molar-refractivity contribution in [3.63, 3.8) is 0 Å². The quantitative estimate of drug-likeness (QED) is 0.514. The molecular weight excluding hydrogens is 401 g/mol. The van der Waals surface area contributed by atoms with Crippen molar-refractivity contribution in [3.05, 3.63) is 42.0 Å². The summed E-state index contributed by atoms with van der Waals surface area (Å²) in [5.74, 6) is 2.30. The van der Waals surface area contributed by atoms with Gasteiger partial charge in [0.2, 0.25) is 0 Å². The number of hydrogen-bond acceptors (Lipinski definition) is 4. The summed E-state index contributed by atoms with van der Waals surface area (Å²) in [5.41, 5.74) is -4.06. The van der Waals surface area contributed by atoms with Crippen LogP contribution in [-0.2, 0) is 10.1 Å². The SMILES string of the molecule is CCCOc1ccc2ccc(C3CCCS3)cc2c1.O=S(=O)(O)C(F)(F)F. The molecule has 1 heterocycles. The summed E-state index contributed by atoms with van der Waals surface area (Å²) in [6.07, 6.45) is 3.73. The molecule has 1 N–H and O–H groups in total. The van der Waals surface area contributed by atoms with Crippen LogP contribution in [0.3, 0.4) is 0 Å². The van der Waals surface area contributed by atoms with Gasteiger partial charge in [-0.15, -0.1) is 0 Å². The lowest BCUT2D eigenvalue weighted by molar-refractivity contribution is -0.0510. The second kappa shape index (κ2) is 9.16. The first-order valence-electron chi connectivity index (χ1n) is 8.43. The van der Waals surface area contributed by atoms with Crippen molar-refractivity contribution >= 4 is 32.7 Å². The summed E-state index contributed by atoms with van der Waals surface area (Å²) in [6, 6.07) is 13.3. The zero-order valence-electron chi connectivity index (χ0n) is 14.7. The summed E-state index contributed by atoms with van der Waals surface area (Å²) in [5, 5.41) is 3.30. The molecule has 2 aromatic rings. The lowest BCUT2D eigenvalue weighted by atomic mass is 10.0. The first-order chi connectivity index (χ1) is 12.6. The molecule has 27 heavy (non-hydrogen) atoms. The van der Waals surface area contributed by atoms with Crippen molar-refractivity contribution in [1.82, 2.24) is 0 Å². The van der Waals surface area contributed by atoms with Crippen molar-refractivity contribution in [2.24, 2.45) is 0 Å². The predicted octanol–water partition coefficient (Wildman–Crippen LogP) is 5.59. The maximum atomic E-state index is 10.7. The Morgan fingerprint density at radius 2 is 1.85 bits per heavy atom. The van der Waals surface area contributed by atoms with E-state index in [-0.39, 0.29) is 0 Å². The second-order valence-corrected chi connectivity index (χ2v) is 8.76.